The fourth-order valence-corrected chi connectivity index (χ4v) is 2.81. The Kier molecular flexibility index (Phi) is 3.75. The Hall–Kier alpha value is -3.46. The Labute approximate surface area is 143 Å². The molecule has 0 bridgehead atoms. The highest BCUT2D eigenvalue weighted by Crippen LogP contribution is 2.17. The van der Waals surface area contributed by atoms with Crippen LogP contribution in [0.2, 0.25) is 0 Å². The van der Waals surface area contributed by atoms with Gasteiger partial charge in [0.25, 0.3) is 0 Å². The zero-order valence-electron chi connectivity index (χ0n) is 13.3. The highest BCUT2D eigenvalue weighted by Gasteiger charge is 2.06. The SMILES string of the molecule is O=C(/C=C/c1coc2ccccc2c1=O)c1ccc2ccccc2c1. The van der Waals surface area contributed by atoms with Gasteiger partial charge in [-0.25, -0.2) is 0 Å². The maximum atomic E-state index is 12.4. The van der Waals surface area contributed by atoms with Gasteiger partial charge in [0, 0.05) is 5.56 Å². The normalized spacial score (nSPS) is 11.4. The molecule has 0 unspecified atom stereocenters. The number of rotatable bonds is 3. The number of ketones is 1. The van der Waals surface area contributed by atoms with Crippen molar-refractivity contribution in [2.75, 3.05) is 0 Å². The van der Waals surface area contributed by atoms with E-state index in [-0.39, 0.29) is 11.2 Å². The van der Waals surface area contributed by atoms with Gasteiger partial charge in [0.2, 0.25) is 0 Å². The van der Waals surface area contributed by atoms with Gasteiger partial charge in [0.05, 0.1) is 10.9 Å². The molecule has 0 saturated carbocycles. The van der Waals surface area contributed by atoms with Gasteiger partial charge in [0.1, 0.15) is 11.8 Å². The maximum Gasteiger partial charge on any atom is 0.199 e. The van der Waals surface area contributed by atoms with Crippen LogP contribution in [0.25, 0.3) is 27.8 Å². The van der Waals surface area contributed by atoms with Crippen LogP contribution in [0.5, 0.6) is 0 Å². The second-order valence-electron chi connectivity index (χ2n) is 5.78. The first-order valence-electron chi connectivity index (χ1n) is 7.94. The average Bonchev–Trinajstić information content (AvgIpc) is 2.67. The lowest BCUT2D eigenvalue weighted by atomic mass is 10.0. The molecule has 0 aliphatic rings. The van der Waals surface area contributed by atoms with Crippen LogP contribution in [0.15, 0.2) is 88.3 Å². The highest BCUT2D eigenvalue weighted by molar-refractivity contribution is 6.08. The molecule has 4 aromatic rings. The summed E-state index contributed by atoms with van der Waals surface area (Å²) in [6.45, 7) is 0. The molecule has 0 spiro atoms. The third kappa shape index (κ3) is 2.88. The van der Waals surface area contributed by atoms with Crippen LogP contribution < -0.4 is 5.43 Å². The van der Waals surface area contributed by atoms with Crippen molar-refractivity contribution in [3.8, 4) is 0 Å². The second kappa shape index (κ2) is 6.21. The number of para-hydroxylation sites is 1. The number of carbonyl (C=O) groups excluding carboxylic acids is 1. The molecular weight excluding hydrogens is 312 g/mol. The van der Waals surface area contributed by atoms with Gasteiger partial charge in [-0.15, -0.1) is 0 Å². The zero-order chi connectivity index (χ0) is 17.2. The lowest BCUT2D eigenvalue weighted by molar-refractivity contribution is 0.104. The van der Waals surface area contributed by atoms with Crippen molar-refractivity contribution >= 4 is 33.6 Å². The van der Waals surface area contributed by atoms with E-state index in [9.17, 15) is 9.59 Å². The van der Waals surface area contributed by atoms with E-state index < -0.39 is 0 Å². The molecule has 0 fully saturated rings. The Morgan fingerprint density at radius 2 is 1.64 bits per heavy atom. The topological polar surface area (TPSA) is 47.3 Å². The Bertz CT molecular complexity index is 1180. The third-order valence-electron chi connectivity index (χ3n) is 4.15. The maximum absolute atomic E-state index is 12.4. The summed E-state index contributed by atoms with van der Waals surface area (Å²) < 4.78 is 5.46. The van der Waals surface area contributed by atoms with Gasteiger partial charge in [-0.05, 0) is 41.1 Å². The lowest BCUT2D eigenvalue weighted by Gasteiger charge is -2.01. The summed E-state index contributed by atoms with van der Waals surface area (Å²) >= 11 is 0. The third-order valence-corrected chi connectivity index (χ3v) is 4.15. The zero-order valence-corrected chi connectivity index (χ0v) is 13.3. The Morgan fingerprint density at radius 3 is 2.52 bits per heavy atom. The highest BCUT2D eigenvalue weighted by atomic mass is 16.3. The quantitative estimate of drug-likeness (QED) is 0.400. The molecule has 4 rings (SSSR count). The molecule has 25 heavy (non-hydrogen) atoms. The predicted octanol–water partition coefficient (Wildman–Crippen LogP) is 4.84. The van der Waals surface area contributed by atoms with Crippen molar-refractivity contribution in [2.24, 2.45) is 0 Å². The number of benzene rings is 3. The minimum atomic E-state index is -0.154. The second-order valence-corrected chi connectivity index (χ2v) is 5.78. The van der Waals surface area contributed by atoms with Gasteiger partial charge in [-0.1, -0.05) is 48.5 Å². The van der Waals surface area contributed by atoms with Crippen LogP contribution >= 0.6 is 0 Å². The summed E-state index contributed by atoms with van der Waals surface area (Å²) in [5, 5.41) is 2.59. The summed E-state index contributed by atoms with van der Waals surface area (Å²) in [6.07, 6.45) is 4.30. The molecule has 120 valence electrons. The molecule has 0 radical (unpaired) electrons. The molecule has 1 heterocycles. The van der Waals surface area contributed by atoms with Crippen LogP contribution in [0.4, 0.5) is 0 Å². The summed E-state index contributed by atoms with van der Waals surface area (Å²) in [7, 11) is 0. The molecule has 0 amide bonds. The molecule has 0 atom stereocenters. The van der Waals surface area contributed by atoms with Crippen LogP contribution in [0.3, 0.4) is 0 Å². The Balaban J connectivity index is 1.67. The van der Waals surface area contributed by atoms with Crippen molar-refractivity contribution in [2.45, 2.75) is 0 Å². The van der Waals surface area contributed by atoms with Crippen LogP contribution in [-0.4, -0.2) is 5.78 Å². The standard InChI is InChI=1S/C22H14O3/c23-20(17-10-9-15-5-1-2-6-16(15)13-17)12-11-18-14-25-21-8-4-3-7-19(21)22(18)24/h1-14H/b12-11+. The number of carbonyl (C=O) groups is 1. The predicted molar refractivity (Wildman–Crippen MR) is 99.8 cm³/mol. The first-order chi connectivity index (χ1) is 12.2. The lowest BCUT2D eigenvalue weighted by Crippen LogP contribution is -2.05. The van der Waals surface area contributed by atoms with Crippen molar-refractivity contribution in [1.82, 2.24) is 0 Å². The van der Waals surface area contributed by atoms with Crippen LogP contribution in [-0.2, 0) is 0 Å². The molecule has 0 saturated heterocycles. The number of allylic oxidation sites excluding steroid dienone is 1. The van der Waals surface area contributed by atoms with E-state index in [1.165, 1.54) is 18.4 Å². The van der Waals surface area contributed by atoms with Crippen molar-refractivity contribution in [3.05, 3.63) is 100 Å². The average molecular weight is 326 g/mol. The molecular formula is C22H14O3. The number of hydrogen-bond donors (Lipinski definition) is 0. The van der Waals surface area contributed by atoms with Crippen molar-refractivity contribution < 1.29 is 9.21 Å². The van der Waals surface area contributed by atoms with Crippen molar-refractivity contribution in [3.63, 3.8) is 0 Å². The minimum absolute atomic E-state index is 0.149. The van der Waals surface area contributed by atoms with E-state index >= 15 is 0 Å². The van der Waals surface area contributed by atoms with E-state index in [1.807, 2.05) is 42.5 Å². The van der Waals surface area contributed by atoms with Crippen LogP contribution in [0, 0.1) is 0 Å². The molecule has 3 heteroatoms. The van der Waals surface area contributed by atoms with Gasteiger partial charge in [-0.2, -0.15) is 0 Å². The molecule has 3 nitrogen and oxygen atoms in total. The molecule has 1 aromatic heterocycles. The smallest absolute Gasteiger partial charge is 0.199 e. The van der Waals surface area contributed by atoms with E-state index in [4.69, 9.17) is 4.42 Å². The van der Waals surface area contributed by atoms with E-state index in [0.717, 1.165) is 10.8 Å². The van der Waals surface area contributed by atoms with E-state index in [2.05, 4.69) is 0 Å². The van der Waals surface area contributed by atoms with Gasteiger partial charge >= 0.3 is 0 Å². The first-order valence-corrected chi connectivity index (χ1v) is 7.94. The molecule has 0 aliphatic carbocycles. The summed E-state index contributed by atoms with van der Waals surface area (Å²) in [6, 6.07) is 20.5. The summed E-state index contributed by atoms with van der Waals surface area (Å²) in [5.41, 5.74) is 1.32. The molecule has 0 aliphatic heterocycles. The number of fused-ring (bicyclic) bond motifs is 2. The minimum Gasteiger partial charge on any atom is -0.463 e. The summed E-state index contributed by atoms with van der Waals surface area (Å²) in [5.74, 6) is -0.154. The summed E-state index contributed by atoms with van der Waals surface area (Å²) in [4.78, 5) is 24.8. The van der Waals surface area contributed by atoms with Crippen LogP contribution in [0.1, 0.15) is 15.9 Å². The molecule has 3 aromatic carbocycles. The largest absolute Gasteiger partial charge is 0.463 e. The monoisotopic (exact) mass is 326 g/mol. The first kappa shape index (κ1) is 15.1. The molecule has 0 N–H and O–H groups in total. The Morgan fingerprint density at radius 1 is 0.880 bits per heavy atom. The van der Waals surface area contributed by atoms with Crippen molar-refractivity contribution in [1.29, 1.82) is 0 Å². The van der Waals surface area contributed by atoms with E-state index in [0.29, 0.717) is 22.1 Å². The van der Waals surface area contributed by atoms with E-state index in [1.54, 1.807) is 24.3 Å². The van der Waals surface area contributed by atoms with Gasteiger partial charge in [-0.3, -0.25) is 9.59 Å². The number of hydrogen-bond acceptors (Lipinski definition) is 3. The fourth-order valence-electron chi connectivity index (χ4n) is 2.81. The van der Waals surface area contributed by atoms with Gasteiger partial charge < -0.3 is 4.42 Å². The van der Waals surface area contributed by atoms with Gasteiger partial charge in [0.15, 0.2) is 11.2 Å². The fraction of sp³-hybridized carbons (Fsp3) is 0.